The minimum Gasteiger partial charge on any atom is -0.329 e. The smallest absolute Gasteiger partial charge is 0.316 e. The molecule has 0 aromatic heterocycles. The molecule has 0 saturated carbocycles. The summed E-state index contributed by atoms with van der Waals surface area (Å²) in [6.45, 7) is 6.00. The van der Waals surface area contributed by atoms with Crippen LogP contribution in [0.15, 0.2) is 0 Å². The molecule has 1 aliphatic heterocycles. The first kappa shape index (κ1) is 9.85. The van der Waals surface area contributed by atoms with Gasteiger partial charge in [-0.25, -0.2) is 0 Å². The van der Waals surface area contributed by atoms with Crippen molar-refractivity contribution in [2.45, 2.75) is 33.1 Å². The summed E-state index contributed by atoms with van der Waals surface area (Å²) < 4.78 is 0. The van der Waals surface area contributed by atoms with Crippen molar-refractivity contribution in [1.29, 1.82) is 0 Å². The van der Waals surface area contributed by atoms with Crippen LogP contribution in [0.1, 0.15) is 33.1 Å². The summed E-state index contributed by atoms with van der Waals surface area (Å²) in [5.41, 5.74) is 0.237. The van der Waals surface area contributed by atoms with Gasteiger partial charge in [0.2, 0.25) is 0 Å². The number of nitrogens with zero attached hydrogens (tertiary/aromatic N) is 1. The van der Waals surface area contributed by atoms with E-state index in [-0.39, 0.29) is 10.8 Å². The monoisotopic (exact) mass is 189 g/mol. The summed E-state index contributed by atoms with van der Waals surface area (Å²) in [6.07, 6.45) is 3.48. The highest BCUT2D eigenvalue weighted by molar-refractivity contribution is 6.62. The van der Waals surface area contributed by atoms with Crippen LogP contribution in [0.3, 0.4) is 0 Å². The van der Waals surface area contributed by atoms with Crippen LogP contribution in [0, 0.1) is 5.41 Å². The molecule has 2 nitrogen and oxygen atoms in total. The van der Waals surface area contributed by atoms with E-state index in [0.29, 0.717) is 0 Å². The van der Waals surface area contributed by atoms with Crippen LogP contribution >= 0.6 is 11.6 Å². The van der Waals surface area contributed by atoms with Gasteiger partial charge in [-0.3, -0.25) is 4.79 Å². The van der Waals surface area contributed by atoms with Crippen molar-refractivity contribution in [2.75, 3.05) is 13.1 Å². The van der Waals surface area contributed by atoms with Crippen molar-refractivity contribution in [3.05, 3.63) is 0 Å². The van der Waals surface area contributed by atoms with Crippen LogP contribution in [0.2, 0.25) is 0 Å². The van der Waals surface area contributed by atoms with Gasteiger partial charge in [-0.15, -0.1) is 0 Å². The topological polar surface area (TPSA) is 20.3 Å². The van der Waals surface area contributed by atoms with Gasteiger partial charge in [-0.05, 0) is 29.9 Å². The van der Waals surface area contributed by atoms with Crippen molar-refractivity contribution in [3.8, 4) is 0 Å². The maximum atomic E-state index is 10.9. The third kappa shape index (κ3) is 2.67. The van der Waals surface area contributed by atoms with Crippen molar-refractivity contribution in [3.63, 3.8) is 0 Å². The fraction of sp³-hybridized carbons (Fsp3) is 0.889. The second kappa shape index (κ2) is 3.65. The molecular formula is C9H16ClNO. The van der Waals surface area contributed by atoms with Crippen LogP contribution < -0.4 is 0 Å². The summed E-state index contributed by atoms with van der Waals surface area (Å²) in [4.78, 5) is 12.7. The fourth-order valence-electron chi connectivity index (χ4n) is 1.73. The molecule has 12 heavy (non-hydrogen) atoms. The molecule has 70 valence electrons. The molecule has 0 bridgehead atoms. The van der Waals surface area contributed by atoms with Crippen LogP contribution in [0.25, 0.3) is 0 Å². The molecule has 0 N–H and O–H groups in total. The van der Waals surface area contributed by atoms with Crippen molar-refractivity contribution >= 4 is 17.0 Å². The van der Waals surface area contributed by atoms with E-state index in [2.05, 4.69) is 13.8 Å². The summed E-state index contributed by atoms with van der Waals surface area (Å²) in [6, 6.07) is 0. The minimum absolute atomic E-state index is 0.237. The van der Waals surface area contributed by atoms with Gasteiger partial charge in [-0.2, -0.15) is 0 Å². The summed E-state index contributed by atoms with van der Waals surface area (Å²) >= 11 is 5.44. The number of carbonyl (C=O) groups excluding carboxylic acids is 1. The van der Waals surface area contributed by atoms with Crippen LogP contribution in [-0.4, -0.2) is 23.4 Å². The molecule has 0 radical (unpaired) electrons. The Labute approximate surface area is 78.9 Å². The molecule has 0 aliphatic carbocycles. The third-order valence-corrected chi connectivity index (χ3v) is 2.64. The molecule has 1 fully saturated rings. The molecule has 1 rings (SSSR count). The summed E-state index contributed by atoms with van der Waals surface area (Å²) in [5, 5.41) is -0.301. The lowest BCUT2D eigenvalue weighted by molar-refractivity contribution is 0.197. The highest BCUT2D eigenvalue weighted by Gasteiger charge is 2.26. The number of halogens is 1. The van der Waals surface area contributed by atoms with Crippen LogP contribution in [0.5, 0.6) is 0 Å². The molecule has 0 aromatic carbocycles. The van der Waals surface area contributed by atoms with E-state index < -0.39 is 0 Å². The molecule has 0 unspecified atom stereocenters. The molecule has 0 atom stereocenters. The SMILES string of the molecule is CC1(C)CCCCN(C(=O)Cl)C1. The number of hydrogen-bond donors (Lipinski definition) is 0. The summed E-state index contributed by atoms with van der Waals surface area (Å²) in [7, 11) is 0. The molecule has 1 aliphatic rings. The van der Waals surface area contributed by atoms with Crippen molar-refractivity contribution in [1.82, 2.24) is 4.90 Å². The predicted octanol–water partition coefficient (Wildman–Crippen LogP) is 2.86. The van der Waals surface area contributed by atoms with Gasteiger partial charge < -0.3 is 4.90 Å². The first-order valence-electron chi connectivity index (χ1n) is 4.46. The number of rotatable bonds is 0. The molecular weight excluding hydrogens is 174 g/mol. The Morgan fingerprint density at radius 1 is 1.42 bits per heavy atom. The van der Waals surface area contributed by atoms with E-state index in [1.807, 2.05) is 0 Å². The normalized spacial score (nSPS) is 23.4. The average Bonchev–Trinajstić information content (AvgIpc) is 2.10. The molecule has 0 spiro atoms. The predicted molar refractivity (Wildman–Crippen MR) is 50.5 cm³/mol. The van der Waals surface area contributed by atoms with Gasteiger partial charge >= 0.3 is 5.37 Å². The highest BCUT2D eigenvalue weighted by atomic mass is 35.5. The number of likely N-dealkylation sites (tertiary alicyclic amines) is 1. The first-order chi connectivity index (χ1) is 5.51. The van der Waals surface area contributed by atoms with E-state index in [1.165, 1.54) is 12.8 Å². The van der Waals surface area contributed by atoms with E-state index in [1.54, 1.807) is 4.90 Å². The Morgan fingerprint density at radius 3 is 2.67 bits per heavy atom. The zero-order chi connectivity index (χ0) is 9.19. The lowest BCUT2D eigenvalue weighted by atomic mass is 9.88. The maximum Gasteiger partial charge on any atom is 0.316 e. The average molecular weight is 190 g/mol. The Balaban J connectivity index is 2.60. The minimum atomic E-state index is -0.301. The van der Waals surface area contributed by atoms with E-state index >= 15 is 0 Å². The molecule has 0 aromatic rings. The summed E-state index contributed by atoms with van der Waals surface area (Å²) in [5.74, 6) is 0. The van der Waals surface area contributed by atoms with Gasteiger partial charge in [0.15, 0.2) is 0 Å². The Morgan fingerprint density at radius 2 is 2.08 bits per heavy atom. The number of hydrogen-bond acceptors (Lipinski definition) is 1. The van der Waals surface area contributed by atoms with Gasteiger partial charge in [-0.1, -0.05) is 20.3 Å². The van der Waals surface area contributed by atoms with Crippen molar-refractivity contribution in [2.24, 2.45) is 5.41 Å². The molecule has 1 saturated heterocycles. The second-order valence-electron chi connectivity index (χ2n) is 4.30. The van der Waals surface area contributed by atoms with E-state index in [0.717, 1.165) is 19.5 Å². The standard InChI is InChI=1S/C9H16ClNO/c1-9(2)5-3-4-6-11(7-9)8(10)12/h3-7H2,1-2H3. The second-order valence-corrected chi connectivity index (χ2v) is 4.62. The van der Waals surface area contributed by atoms with E-state index in [9.17, 15) is 4.79 Å². The Bertz CT molecular complexity index is 179. The molecule has 1 heterocycles. The Hall–Kier alpha value is -0.240. The van der Waals surface area contributed by atoms with E-state index in [4.69, 9.17) is 11.6 Å². The zero-order valence-electron chi connectivity index (χ0n) is 7.77. The lowest BCUT2D eigenvalue weighted by Gasteiger charge is -2.27. The van der Waals surface area contributed by atoms with Gasteiger partial charge in [0.1, 0.15) is 0 Å². The Kier molecular flexibility index (Phi) is 2.99. The third-order valence-electron chi connectivity index (χ3n) is 2.40. The molecule has 3 heteroatoms. The highest BCUT2D eigenvalue weighted by Crippen LogP contribution is 2.28. The number of carbonyl (C=O) groups is 1. The first-order valence-corrected chi connectivity index (χ1v) is 4.83. The quantitative estimate of drug-likeness (QED) is 0.424. The molecule has 1 amide bonds. The van der Waals surface area contributed by atoms with Crippen LogP contribution in [0.4, 0.5) is 4.79 Å². The van der Waals surface area contributed by atoms with Gasteiger partial charge in [0.05, 0.1) is 0 Å². The van der Waals surface area contributed by atoms with Crippen molar-refractivity contribution < 1.29 is 4.79 Å². The van der Waals surface area contributed by atoms with Crippen LogP contribution in [-0.2, 0) is 0 Å². The largest absolute Gasteiger partial charge is 0.329 e. The number of amides is 1. The lowest BCUT2D eigenvalue weighted by Crippen LogP contribution is -2.34. The van der Waals surface area contributed by atoms with Gasteiger partial charge in [0.25, 0.3) is 0 Å². The zero-order valence-corrected chi connectivity index (χ0v) is 8.52. The van der Waals surface area contributed by atoms with Gasteiger partial charge in [0, 0.05) is 13.1 Å². The fourth-order valence-corrected chi connectivity index (χ4v) is 1.88. The maximum absolute atomic E-state index is 10.9.